The molecule has 108 valence electrons. The van der Waals surface area contributed by atoms with Crippen LogP contribution in [-0.4, -0.2) is 13.1 Å². The first kappa shape index (κ1) is 16.7. The molecule has 0 amide bonds. The van der Waals surface area contributed by atoms with Gasteiger partial charge in [-0.25, -0.2) is 4.39 Å². The van der Waals surface area contributed by atoms with Crippen molar-refractivity contribution in [3.05, 3.63) is 27.6 Å². The summed E-state index contributed by atoms with van der Waals surface area (Å²) in [5, 5.41) is 0. The van der Waals surface area contributed by atoms with Crippen molar-refractivity contribution < 1.29 is 4.39 Å². The molecule has 19 heavy (non-hydrogen) atoms. The number of unbranched alkanes of at least 4 members (excludes halogenated alkanes) is 4. The molecule has 0 saturated heterocycles. The van der Waals surface area contributed by atoms with Gasteiger partial charge in [-0.3, -0.25) is 0 Å². The second-order valence-corrected chi connectivity index (χ2v) is 6.14. The van der Waals surface area contributed by atoms with Gasteiger partial charge < -0.3 is 4.90 Å². The minimum Gasteiger partial charge on any atom is -0.369 e. The van der Waals surface area contributed by atoms with E-state index < -0.39 is 0 Å². The molecule has 0 fully saturated rings. The van der Waals surface area contributed by atoms with Crippen LogP contribution in [0.5, 0.6) is 0 Å². The van der Waals surface area contributed by atoms with E-state index in [1.807, 2.05) is 18.2 Å². The van der Waals surface area contributed by atoms with Gasteiger partial charge in [0.1, 0.15) is 0 Å². The highest BCUT2D eigenvalue weighted by molar-refractivity contribution is 14.1. The Balaban J connectivity index is 2.69. The van der Waals surface area contributed by atoms with Crippen LogP contribution in [0.25, 0.3) is 0 Å². The molecule has 3 heteroatoms. The van der Waals surface area contributed by atoms with Crippen molar-refractivity contribution in [2.75, 3.05) is 18.0 Å². The van der Waals surface area contributed by atoms with E-state index in [0.717, 1.165) is 38.0 Å². The quantitative estimate of drug-likeness (QED) is 0.399. The summed E-state index contributed by atoms with van der Waals surface area (Å²) in [5.41, 5.74) is 0.775. The van der Waals surface area contributed by atoms with Gasteiger partial charge in [0.05, 0.1) is 9.26 Å². The highest BCUT2D eigenvalue weighted by Gasteiger charge is 2.12. The largest absolute Gasteiger partial charge is 0.369 e. The second kappa shape index (κ2) is 9.56. The molecule has 0 saturated carbocycles. The third-order valence-corrected chi connectivity index (χ3v) is 4.17. The number of hydrogen-bond acceptors (Lipinski definition) is 1. The normalized spacial score (nSPS) is 10.7. The molecule has 1 nitrogen and oxygen atoms in total. The van der Waals surface area contributed by atoms with Crippen LogP contribution in [0.2, 0.25) is 0 Å². The Kier molecular flexibility index (Phi) is 8.42. The van der Waals surface area contributed by atoms with Crippen molar-refractivity contribution >= 4 is 28.3 Å². The Morgan fingerprint density at radius 1 is 1.00 bits per heavy atom. The monoisotopic (exact) mass is 377 g/mol. The van der Waals surface area contributed by atoms with E-state index in [9.17, 15) is 4.39 Å². The number of halogens is 2. The lowest BCUT2D eigenvalue weighted by Gasteiger charge is -2.25. The molecule has 0 spiro atoms. The van der Waals surface area contributed by atoms with Crippen LogP contribution < -0.4 is 4.90 Å². The number of benzene rings is 1. The maximum Gasteiger partial charge on any atom is 0.159 e. The molecule has 1 aromatic carbocycles. The van der Waals surface area contributed by atoms with Crippen molar-refractivity contribution in [2.45, 2.75) is 52.4 Å². The first-order chi connectivity index (χ1) is 9.20. The summed E-state index contributed by atoms with van der Waals surface area (Å²) >= 11 is 2.07. The van der Waals surface area contributed by atoms with Crippen LogP contribution in [-0.2, 0) is 0 Å². The maximum absolute atomic E-state index is 14.2. The number of hydrogen-bond donors (Lipinski definition) is 0. The topological polar surface area (TPSA) is 3.24 Å². The van der Waals surface area contributed by atoms with Crippen molar-refractivity contribution in [3.8, 4) is 0 Å². The van der Waals surface area contributed by atoms with Crippen LogP contribution in [0.1, 0.15) is 52.4 Å². The summed E-state index contributed by atoms with van der Waals surface area (Å²) in [5.74, 6) is -0.0605. The van der Waals surface area contributed by atoms with E-state index in [2.05, 4.69) is 41.3 Å². The van der Waals surface area contributed by atoms with Crippen LogP contribution >= 0.6 is 22.6 Å². The second-order valence-electron chi connectivity index (χ2n) is 4.97. The predicted octanol–water partition coefficient (Wildman–Crippen LogP) is 5.62. The fourth-order valence-electron chi connectivity index (χ4n) is 2.17. The lowest BCUT2D eigenvalue weighted by molar-refractivity contribution is 0.590. The molecule has 0 N–H and O–H groups in total. The Morgan fingerprint density at radius 3 is 2.37 bits per heavy atom. The zero-order valence-corrected chi connectivity index (χ0v) is 14.2. The molecular formula is C16H25FIN. The number of rotatable bonds is 9. The first-order valence-corrected chi connectivity index (χ1v) is 8.47. The van der Waals surface area contributed by atoms with Crippen LogP contribution in [0, 0.1) is 9.39 Å². The van der Waals surface area contributed by atoms with Gasteiger partial charge in [-0.15, -0.1) is 0 Å². The first-order valence-electron chi connectivity index (χ1n) is 7.39. The minimum atomic E-state index is -0.0605. The summed E-state index contributed by atoms with van der Waals surface area (Å²) in [7, 11) is 0. The third-order valence-electron chi connectivity index (χ3n) is 3.34. The van der Waals surface area contributed by atoms with E-state index in [1.54, 1.807) is 0 Å². The Hall–Kier alpha value is -0.320. The fourth-order valence-corrected chi connectivity index (χ4v) is 2.65. The van der Waals surface area contributed by atoms with E-state index >= 15 is 0 Å². The van der Waals surface area contributed by atoms with Crippen molar-refractivity contribution in [3.63, 3.8) is 0 Å². The summed E-state index contributed by atoms with van der Waals surface area (Å²) < 4.78 is 14.9. The van der Waals surface area contributed by atoms with E-state index in [-0.39, 0.29) is 5.82 Å². The molecule has 0 aliphatic carbocycles. The zero-order chi connectivity index (χ0) is 14.1. The Morgan fingerprint density at radius 2 is 1.68 bits per heavy atom. The SMILES string of the molecule is CCCCCCN(CCCC)c1cccc(I)c1F. The summed E-state index contributed by atoms with van der Waals surface area (Å²) in [6.07, 6.45) is 7.19. The van der Waals surface area contributed by atoms with E-state index in [4.69, 9.17) is 0 Å². The maximum atomic E-state index is 14.2. The van der Waals surface area contributed by atoms with Gasteiger partial charge in [0, 0.05) is 13.1 Å². The zero-order valence-electron chi connectivity index (χ0n) is 12.1. The highest BCUT2D eigenvalue weighted by atomic mass is 127. The molecule has 0 heterocycles. The summed E-state index contributed by atoms with van der Waals surface area (Å²) in [6.45, 7) is 6.32. The average Bonchev–Trinajstić information content (AvgIpc) is 2.42. The van der Waals surface area contributed by atoms with E-state index in [0.29, 0.717) is 3.57 Å². The van der Waals surface area contributed by atoms with Gasteiger partial charge in [-0.2, -0.15) is 0 Å². The number of anilines is 1. The highest BCUT2D eigenvalue weighted by Crippen LogP contribution is 2.24. The summed E-state index contributed by atoms with van der Waals surface area (Å²) in [6, 6.07) is 5.69. The standard InChI is InChI=1S/C16H25FIN/c1-3-5-7-8-13-19(12-6-4-2)15-11-9-10-14(18)16(15)17/h9-11H,3-8,12-13H2,1-2H3. The van der Waals surface area contributed by atoms with Gasteiger partial charge in [0.15, 0.2) is 5.82 Å². The lowest BCUT2D eigenvalue weighted by Crippen LogP contribution is -2.26. The van der Waals surface area contributed by atoms with Gasteiger partial charge in [0.25, 0.3) is 0 Å². The molecular weight excluding hydrogens is 352 g/mol. The smallest absolute Gasteiger partial charge is 0.159 e. The van der Waals surface area contributed by atoms with Gasteiger partial charge in [0.2, 0.25) is 0 Å². The Labute approximate surface area is 130 Å². The fraction of sp³-hybridized carbons (Fsp3) is 0.625. The molecule has 0 atom stereocenters. The third kappa shape index (κ3) is 5.67. The molecule has 0 aliphatic heterocycles. The van der Waals surface area contributed by atoms with Crippen molar-refractivity contribution in [1.29, 1.82) is 0 Å². The van der Waals surface area contributed by atoms with Gasteiger partial charge >= 0.3 is 0 Å². The molecule has 1 aromatic rings. The van der Waals surface area contributed by atoms with Crippen LogP contribution in [0.15, 0.2) is 18.2 Å². The summed E-state index contributed by atoms with van der Waals surface area (Å²) in [4.78, 5) is 2.22. The minimum absolute atomic E-state index is 0.0605. The lowest BCUT2D eigenvalue weighted by atomic mass is 10.1. The molecule has 0 bridgehead atoms. The van der Waals surface area contributed by atoms with E-state index in [1.165, 1.54) is 19.3 Å². The molecule has 1 rings (SSSR count). The van der Waals surface area contributed by atoms with Crippen molar-refractivity contribution in [2.24, 2.45) is 0 Å². The number of nitrogens with zero attached hydrogens (tertiary/aromatic N) is 1. The molecule has 0 aliphatic rings. The molecule has 0 radical (unpaired) electrons. The molecule has 0 aromatic heterocycles. The van der Waals surface area contributed by atoms with Gasteiger partial charge in [-0.05, 0) is 47.6 Å². The van der Waals surface area contributed by atoms with Crippen molar-refractivity contribution in [1.82, 2.24) is 0 Å². The predicted molar refractivity (Wildman–Crippen MR) is 90.4 cm³/mol. The van der Waals surface area contributed by atoms with Gasteiger partial charge in [-0.1, -0.05) is 45.6 Å². The van der Waals surface area contributed by atoms with Crippen LogP contribution in [0.3, 0.4) is 0 Å². The molecule has 0 unspecified atom stereocenters. The Bertz CT molecular complexity index is 368. The average molecular weight is 377 g/mol. The van der Waals surface area contributed by atoms with Crippen LogP contribution in [0.4, 0.5) is 10.1 Å².